The lowest BCUT2D eigenvalue weighted by atomic mass is 10.2. The minimum Gasteiger partial charge on any atom is -0.454 e. The minimum atomic E-state index is -0.198. The van der Waals surface area contributed by atoms with Gasteiger partial charge in [-0.25, -0.2) is 0 Å². The van der Waals surface area contributed by atoms with Crippen LogP contribution in [0.15, 0.2) is 16.7 Å². The first-order valence-corrected chi connectivity index (χ1v) is 6.40. The number of aromatic nitrogens is 2. The van der Waals surface area contributed by atoms with Crippen LogP contribution >= 0.6 is 0 Å². The maximum absolute atomic E-state index is 11.9. The number of ether oxygens (including phenoxy) is 2. The number of carbonyl (C=O) groups is 1. The van der Waals surface area contributed by atoms with Gasteiger partial charge in [0.05, 0.1) is 11.4 Å². The van der Waals surface area contributed by atoms with E-state index in [1.807, 2.05) is 0 Å². The summed E-state index contributed by atoms with van der Waals surface area (Å²) in [7, 11) is 0. The van der Waals surface area contributed by atoms with Crippen LogP contribution in [0.4, 0.5) is 11.4 Å². The van der Waals surface area contributed by atoms with Crippen LogP contribution in [0.5, 0.6) is 11.5 Å². The molecule has 0 bridgehead atoms. The second-order valence-corrected chi connectivity index (χ2v) is 4.58. The van der Waals surface area contributed by atoms with Gasteiger partial charge in [0.2, 0.25) is 18.6 Å². The number of nitrogens with two attached hydrogens (primary N) is 1. The zero-order valence-corrected chi connectivity index (χ0v) is 11.4. The van der Waals surface area contributed by atoms with Crippen LogP contribution in [0.3, 0.4) is 0 Å². The number of aryl methyl sites for hydroxylation is 2. The Bertz CT molecular complexity index is 683. The molecule has 2 heterocycles. The van der Waals surface area contributed by atoms with Crippen molar-refractivity contribution >= 4 is 17.3 Å². The summed E-state index contributed by atoms with van der Waals surface area (Å²) >= 11 is 0. The van der Waals surface area contributed by atoms with Crippen LogP contribution in [0.25, 0.3) is 0 Å². The van der Waals surface area contributed by atoms with Gasteiger partial charge in [0.1, 0.15) is 0 Å². The number of nitrogens with zero attached hydrogens (tertiary/aromatic N) is 2. The molecule has 1 aliphatic heterocycles. The molecule has 0 saturated heterocycles. The van der Waals surface area contributed by atoms with Crippen molar-refractivity contribution in [2.45, 2.75) is 19.8 Å². The molecule has 3 N–H and O–H groups in total. The SMILES string of the molecule is Cc1noc(CCC(=O)Nc2cc3c(cc2N)OCO3)n1. The summed E-state index contributed by atoms with van der Waals surface area (Å²) in [5.41, 5.74) is 6.77. The van der Waals surface area contributed by atoms with Crippen LogP contribution in [0, 0.1) is 6.92 Å². The molecule has 21 heavy (non-hydrogen) atoms. The number of benzene rings is 1. The van der Waals surface area contributed by atoms with Crippen molar-refractivity contribution in [3.05, 3.63) is 23.8 Å². The molecule has 0 atom stereocenters. The molecule has 0 radical (unpaired) electrons. The molecule has 3 rings (SSSR count). The first-order chi connectivity index (χ1) is 10.1. The third-order valence-corrected chi connectivity index (χ3v) is 2.95. The number of nitrogens with one attached hydrogen (secondary N) is 1. The molecule has 0 unspecified atom stereocenters. The third-order valence-electron chi connectivity index (χ3n) is 2.95. The van der Waals surface area contributed by atoms with E-state index in [2.05, 4.69) is 15.5 Å². The summed E-state index contributed by atoms with van der Waals surface area (Å²) in [6.07, 6.45) is 0.590. The number of carbonyl (C=O) groups excluding carboxylic acids is 1. The van der Waals surface area contributed by atoms with Gasteiger partial charge in [-0.1, -0.05) is 5.16 Å². The molecule has 1 aromatic heterocycles. The van der Waals surface area contributed by atoms with Crippen molar-refractivity contribution in [2.24, 2.45) is 0 Å². The minimum absolute atomic E-state index is 0.155. The standard InChI is InChI=1S/C13H14N4O4/c1-7-15-13(21-17-7)3-2-12(18)16-9-5-11-10(4-8(9)14)19-6-20-11/h4-5H,2-3,6,14H2,1H3,(H,16,18). The second kappa shape index (κ2) is 5.31. The highest BCUT2D eigenvalue weighted by atomic mass is 16.7. The van der Waals surface area contributed by atoms with Gasteiger partial charge in [-0.05, 0) is 6.92 Å². The molecular weight excluding hydrogens is 276 g/mol. The Labute approximate surface area is 120 Å². The Balaban J connectivity index is 1.62. The number of hydrogen-bond donors (Lipinski definition) is 2. The summed E-state index contributed by atoms with van der Waals surface area (Å²) in [6.45, 7) is 1.88. The molecule has 1 amide bonds. The normalized spacial score (nSPS) is 12.4. The van der Waals surface area contributed by atoms with Crippen molar-refractivity contribution in [3.63, 3.8) is 0 Å². The average molecular weight is 290 g/mol. The summed E-state index contributed by atoms with van der Waals surface area (Å²) in [5.74, 6) is 1.92. The lowest BCUT2D eigenvalue weighted by molar-refractivity contribution is -0.116. The van der Waals surface area contributed by atoms with Gasteiger partial charge in [0, 0.05) is 25.0 Å². The van der Waals surface area contributed by atoms with Crippen LogP contribution in [0.2, 0.25) is 0 Å². The zero-order valence-electron chi connectivity index (χ0n) is 11.4. The first-order valence-electron chi connectivity index (χ1n) is 6.40. The van der Waals surface area contributed by atoms with Crippen molar-refractivity contribution in [2.75, 3.05) is 17.8 Å². The molecule has 0 spiro atoms. The Morgan fingerprint density at radius 1 is 1.38 bits per heavy atom. The van der Waals surface area contributed by atoms with E-state index in [-0.39, 0.29) is 19.1 Å². The van der Waals surface area contributed by atoms with E-state index in [4.69, 9.17) is 19.7 Å². The van der Waals surface area contributed by atoms with Crippen LogP contribution in [0.1, 0.15) is 18.1 Å². The number of rotatable bonds is 4. The van der Waals surface area contributed by atoms with Gasteiger partial charge in [-0.15, -0.1) is 0 Å². The number of hydrogen-bond acceptors (Lipinski definition) is 7. The Morgan fingerprint density at radius 3 is 2.86 bits per heavy atom. The maximum atomic E-state index is 11.9. The summed E-state index contributed by atoms with van der Waals surface area (Å²) in [5, 5.41) is 6.39. The Morgan fingerprint density at radius 2 is 2.14 bits per heavy atom. The van der Waals surface area contributed by atoms with E-state index in [0.29, 0.717) is 41.0 Å². The van der Waals surface area contributed by atoms with E-state index < -0.39 is 0 Å². The predicted octanol–water partition coefficient (Wildman–Crippen LogP) is 1.26. The quantitative estimate of drug-likeness (QED) is 0.815. The molecule has 8 nitrogen and oxygen atoms in total. The lowest BCUT2D eigenvalue weighted by Crippen LogP contribution is -2.13. The fourth-order valence-corrected chi connectivity index (χ4v) is 1.94. The molecule has 2 aromatic rings. The fourth-order valence-electron chi connectivity index (χ4n) is 1.94. The molecule has 0 fully saturated rings. The predicted molar refractivity (Wildman–Crippen MR) is 73.0 cm³/mol. The molecular formula is C13H14N4O4. The van der Waals surface area contributed by atoms with Crippen molar-refractivity contribution in [1.82, 2.24) is 10.1 Å². The molecule has 0 saturated carbocycles. The number of amides is 1. The Kier molecular flexibility index (Phi) is 3.35. The highest BCUT2D eigenvalue weighted by Gasteiger charge is 2.17. The van der Waals surface area contributed by atoms with Crippen molar-refractivity contribution < 1.29 is 18.8 Å². The highest BCUT2D eigenvalue weighted by molar-refractivity contribution is 5.94. The molecule has 8 heteroatoms. The lowest BCUT2D eigenvalue weighted by Gasteiger charge is -2.08. The van der Waals surface area contributed by atoms with Gasteiger partial charge >= 0.3 is 0 Å². The fraction of sp³-hybridized carbons (Fsp3) is 0.308. The molecule has 1 aromatic carbocycles. The van der Waals surface area contributed by atoms with Crippen LogP contribution < -0.4 is 20.5 Å². The molecule has 1 aliphatic rings. The van der Waals surface area contributed by atoms with Gasteiger partial charge in [-0.3, -0.25) is 4.79 Å². The maximum Gasteiger partial charge on any atom is 0.231 e. The molecule has 0 aliphatic carbocycles. The number of nitrogen functional groups attached to an aromatic ring is 1. The third kappa shape index (κ3) is 2.88. The topological polar surface area (TPSA) is 113 Å². The van der Waals surface area contributed by atoms with E-state index >= 15 is 0 Å². The van der Waals surface area contributed by atoms with Crippen molar-refractivity contribution in [3.8, 4) is 11.5 Å². The summed E-state index contributed by atoms with van der Waals surface area (Å²) < 4.78 is 15.4. The monoisotopic (exact) mass is 290 g/mol. The second-order valence-electron chi connectivity index (χ2n) is 4.58. The van der Waals surface area contributed by atoms with Gasteiger partial charge in [-0.2, -0.15) is 4.98 Å². The average Bonchev–Trinajstić information content (AvgIpc) is 3.05. The van der Waals surface area contributed by atoms with Gasteiger partial charge in [0.15, 0.2) is 17.3 Å². The summed E-state index contributed by atoms with van der Waals surface area (Å²) in [4.78, 5) is 16.0. The largest absolute Gasteiger partial charge is 0.454 e. The van der Waals surface area contributed by atoms with Crippen LogP contribution in [-0.4, -0.2) is 22.8 Å². The van der Waals surface area contributed by atoms with Gasteiger partial charge < -0.3 is 25.0 Å². The smallest absolute Gasteiger partial charge is 0.231 e. The highest BCUT2D eigenvalue weighted by Crippen LogP contribution is 2.38. The number of anilines is 2. The van der Waals surface area contributed by atoms with E-state index in [0.717, 1.165) is 0 Å². The summed E-state index contributed by atoms with van der Waals surface area (Å²) in [6, 6.07) is 3.27. The van der Waals surface area contributed by atoms with E-state index in [1.165, 1.54) is 0 Å². The van der Waals surface area contributed by atoms with Gasteiger partial charge in [0.25, 0.3) is 0 Å². The van der Waals surface area contributed by atoms with E-state index in [9.17, 15) is 4.79 Å². The Hall–Kier alpha value is -2.77. The zero-order chi connectivity index (χ0) is 14.8. The van der Waals surface area contributed by atoms with Crippen LogP contribution in [-0.2, 0) is 11.2 Å². The molecule has 110 valence electrons. The van der Waals surface area contributed by atoms with E-state index in [1.54, 1.807) is 19.1 Å². The number of fused-ring (bicyclic) bond motifs is 1. The first kappa shape index (κ1) is 13.2. The van der Waals surface area contributed by atoms with Crippen molar-refractivity contribution in [1.29, 1.82) is 0 Å².